The fourth-order valence-electron chi connectivity index (χ4n) is 4.68. The summed E-state index contributed by atoms with van der Waals surface area (Å²) < 4.78 is 5.99. The second kappa shape index (κ2) is 8.74. The highest BCUT2D eigenvalue weighted by Gasteiger charge is 2.26. The molecule has 3 aromatic rings. The lowest BCUT2D eigenvalue weighted by atomic mass is 9.86. The van der Waals surface area contributed by atoms with Crippen molar-refractivity contribution in [2.45, 2.75) is 65.8 Å². The van der Waals surface area contributed by atoms with Gasteiger partial charge in [0.25, 0.3) is 5.91 Å². The predicted octanol–water partition coefficient (Wildman–Crippen LogP) is 6.22. The number of carbonyl (C=O) groups excluding carboxylic acids is 1. The number of hydrogen-bond acceptors (Lipinski definition) is 3. The van der Waals surface area contributed by atoms with Crippen LogP contribution in [0.4, 0.5) is 0 Å². The van der Waals surface area contributed by atoms with Crippen molar-refractivity contribution in [3.05, 3.63) is 70.0 Å². The summed E-state index contributed by atoms with van der Waals surface area (Å²) >= 11 is 0. The average Bonchev–Trinajstić information content (AvgIpc) is 3.37. The number of aryl methyl sites for hydroxylation is 3. The molecule has 1 aliphatic rings. The average molecular weight is 433 g/mol. The van der Waals surface area contributed by atoms with Crippen LogP contribution in [0.2, 0.25) is 0 Å². The Morgan fingerprint density at radius 1 is 1.03 bits per heavy atom. The fraction of sp³-hybridized carbons (Fsp3) is 0.464. The molecule has 1 amide bonds. The van der Waals surface area contributed by atoms with Gasteiger partial charge >= 0.3 is 0 Å². The van der Waals surface area contributed by atoms with E-state index < -0.39 is 0 Å². The molecule has 1 fully saturated rings. The summed E-state index contributed by atoms with van der Waals surface area (Å²) in [7, 11) is 0. The minimum Gasteiger partial charge on any atom is -0.451 e. The maximum absolute atomic E-state index is 13.1. The molecule has 0 spiro atoms. The Morgan fingerprint density at radius 2 is 1.66 bits per heavy atom. The third-order valence-electron chi connectivity index (χ3n) is 6.96. The molecule has 32 heavy (non-hydrogen) atoms. The van der Waals surface area contributed by atoms with Crippen molar-refractivity contribution in [3.8, 4) is 0 Å². The van der Waals surface area contributed by atoms with Crippen LogP contribution in [0.1, 0.15) is 78.0 Å². The van der Waals surface area contributed by atoms with Gasteiger partial charge in [-0.3, -0.25) is 9.69 Å². The molecule has 1 aliphatic heterocycles. The van der Waals surface area contributed by atoms with Crippen LogP contribution >= 0.6 is 0 Å². The van der Waals surface area contributed by atoms with E-state index in [0.29, 0.717) is 12.3 Å². The van der Waals surface area contributed by atoms with Crippen LogP contribution in [-0.2, 0) is 5.41 Å². The second-order valence-electron chi connectivity index (χ2n) is 10.3. The third kappa shape index (κ3) is 4.47. The normalized spacial score (nSPS) is 15.9. The van der Waals surface area contributed by atoms with Crippen LogP contribution in [0.5, 0.6) is 0 Å². The van der Waals surface area contributed by atoms with Gasteiger partial charge in [0, 0.05) is 17.5 Å². The van der Waals surface area contributed by atoms with Crippen molar-refractivity contribution in [1.82, 2.24) is 10.2 Å². The van der Waals surface area contributed by atoms with Crippen molar-refractivity contribution in [1.29, 1.82) is 0 Å². The predicted molar refractivity (Wildman–Crippen MR) is 131 cm³/mol. The molecule has 0 aliphatic carbocycles. The van der Waals surface area contributed by atoms with Crippen LogP contribution < -0.4 is 5.32 Å². The lowest BCUT2D eigenvalue weighted by molar-refractivity contribution is 0.0911. The van der Waals surface area contributed by atoms with Gasteiger partial charge in [-0.05, 0) is 86.5 Å². The van der Waals surface area contributed by atoms with Gasteiger partial charge in [-0.2, -0.15) is 0 Å². The molecule has 0 saturated carbocycles. The maximum Gasteiger partial charge on any atom is 0.287 e. The number of fused-ring (bicyclic) bond motifs is 1. The zero-order valence-electron chi connectivity index (χ0n) is 20.3. The van der Waals surface area contributed by atoms with Gasteiger partial charge in [0.05, 0.1) is 6.04 Å². The fourth-order valence-corrected chi connectivity index (χ4v) is 4.68. The molecule has 1 N–H and O–H groups in total. The number of amides is 1. The topological polar surface area (TPSA) is 45.5 Å². The summed E-state index contributed by atoms with van der Waals surface area (Å²) in [6, 6.07) is 13.2. The first-order chi connectivity index (χ1) is 15.1. The van der Waals surface area contributed by atoms with Crippen molar-refractivity contribution >= 4 is 16.9 Å². The molecule has 4 nitrogen and oxygen atoms in total. The maximum atomic E-state index is 13.1. The van der Waals surface area contributed by atoms with E-state index >= 15 is 0 Å². The lowest BCUT2D eigenvalue weighted by Gasteiger charge is -2.29. The third-order valence-corrected chi connectivity index (χ3v) is 6.96. The van der Waals surface area contributed by atoms with Crippen LogP contribution in [0, 0.1) is 20.8 Å². The molecule has 170 valence electrons. The Morgan fingerprint density at radius 3 is 2.28 bits per heavy atom. The Labute approximate surface area is 192 Å². The number of nitrogens with one attached hydrogen (secondary N) is 1. The van der Waals surface area contributed by atoms with Gasteiger partial charge in [0.15, 0.2) is 5.76 Å². The minimum absolute atomic E-state index is 0.130. The van der Waals surface area contributed by atoms with E-state index in [2.05, 4.69) is 75.2 Å². The van der Waals surface area contributed by atoms with Gasteiger partial charge in [0.1, 0.15) is 5.58 Å². The molecule has 0 radical (unpaired) electrons. The summed E-state index contributed by atoms with van der Waals surface area (Å²) in [5, 5.41) is 4.20. The van der Waals surface area contributed by atoms with Gasteiger partial charge in [-0.15, -0.1) is 0 Å². The Bertz CT molecular complexity index is 1110. The van der Waals surface area contributed by atoms with E-state index in [4.69, 9.17) is 4.42 Å². The first-order valence-corrected chi connectivity index (χ1v) is 11.8. The first kappa shape index (κ1) is 22.6. The van der Waals surface area contributed by atoms with Crippen molar-refractivity contribution < 1.29 is 9.21 Å². The molecule has 1 saturated heterocycles. The smallest absolute Gasteiger partial charge is 0.287 e. The van der Waals surface area contributed by atoms with Gasteiger partial charge in [-0.25, -0.2) is 0 Å². The number of hydrogen-bond donors (Lipinski definition) is 1. The van der Waals surface area contributed by atoms with Crippen LogP contribution in [0.25, 0.3) is 11.0 Å². The first-order valence-electron chi connectivity index (χ1n) is 11.8. The Balaban J connectivity index is 1.55. The van der Waals surface area contributed by atoms with Crippen LogP contribution in [0.3, 0.4) is 0 Å². The highest BCUT2D eigenvalue weighted by Crippen LogP contribution is 2.30. The van der Waals surface area contributed by atoms with Crippen LogP contribution in [0.15, 0.2) is 40.8 Å². The zero-order valence-corrected chi connectivity index (χ0v) is 20.3. The molecule has 2 aromatic carbocycles. The molecule has 2 heterocycles. The van der Waals surface area contributed by atoms with Crippen molar-refractivity contribution in [2.75, 3.05) is 19.6 Å². The highest BCUT2D eigenvalue weighted by atomic mass is 16.3. The molecule has 1 atom stereocenters. The molecule has 4 heteroatoms. The monoisotopic (exact) mass is 432 g/mol. The van der Waals surface area contributed by atoms with E-state index in [1.807, 2.05) is 13.0 Å². The van der Waals surface area contributed by atoms with Crippen molar-refractivity contribution in [3.63, 3.8) is 0 Å². The summed E-state index contributed by atoms with van der Waals surface area (Å²) in [5.41, 5.74) is 6.79. The second-order valence-corrected chi connectivity index (χ2v) is 10.3. The van der Waals surface area contributed by atoms with Gasteiger partial charge in [-0.1, -0.05) is 45.0 Å². The quantitative estimate of drug-likeness (QED) is 0.520. The minimum atomic E-state index is -0.135. The highest BCUT2D eigenvalue weighted by molar-refractivity contribution is 5.99. The number of carbonyl (C=O) groups is 1. The Kier molecular flexibility index (Phi) is 6.17. The van der Waals surface area contributed by atoms with E-state index in [-0.39, 0.29) is 17.4 Å². The SMILES string of the molecule is Cc1cc2oc(C(=O)NC[C@H](c3ccc(C(C)(C)C)cc3)N3CCCC3)c(C)c2cc1C. The van der Waals surface area contributed by atoms with E-state index in [1.54, 1.807) is 0 Å². The van der Waals surface area contributed by atoms with E-state index in [9.17, 15) is 4.79 Å². The Hall–Kier alpha value is -2.59. The largest absolute Gasteiger partial charge is 0.451 e. The molecular formula is C28H36N2O2. The molecule has 4 rings (SSSR count). The number of benzene rings is 2. The summed E-state index contributed by atoms with van der Waals surface area (Å²) in [4.78, 5) is 15.6. The molecule has 0 bridgehead atoms. The number of furan rings is 1. The number of nitrogens with zero attached hydrogens (tertiary/aromatic N) is 1. The summed E-state index contributed by atoms with van der Waals surface area (Å²) in [5.74, 6) is 0.290. The molecule has 1 aromatic heterocycles. The summed E-state index contributed by atoms with van der Waals surface area (Å²) in [6.07, 6.45) is 2.43. The van der Waals surface area contributed by atoms with Gasteiger partial charge < -0.3 is 9.73 Å². The summed E-state index contributed by atoms with van der Waals surface area (Å²) in [6.45, 7) is 15.6. The van der Waals surface area contributed by atoms with Crippen molar-refractivity contribution in [2.24, 2.45) is 0 Å². The van der Waals surface area contributed by atoms with Gasteiger partial charge in [0.2, 0.25) is 0 Å². The molecular weight excluding hydrogens is 396 g/mol. The number of likely N-dealkylation sites (tertiary alicyclic amines) is 1. The van der Waals surface area contributed by atoms with E-state index in [1.165, 1.54) is 35.1 Å². The van der Waals surface area contributed by atoms with Crippen LogP contribution in [-0.4, -0.2) is 30.4 Å². The molecule has 0 unspecified atom stereocenters. The lowest BCUT2D eigenvalue weighted by Crippen LogP contribution is -2.37. The zero-order chi connectivity index (χ0) is 23.0. The standard InChI is InChI=1S/C28H36N2O2/c1-18-15-23-20(3)26(32-25(23)16-19(18)2)27(31)29-17-24(30-13-7-8-14-30)21-9-11-22(12-10-21)28(4,5)6/h9-12,15-16,24H,7-8,13-14,17H2,1-6H3,(H,29,31)/t24-/m1/s1. The number of rotatable bonds is 5. The van der Waals surface area contributed by atoms with E-state index in [0.717, 1.165) is 29.6 Å².